The molecule has 0 radical (unpaired) electrons. The summed E-state index contributed by atoms with van der Waals surface area (Å²) in [7, 11) is 0. The predicted octanol–water partition coefficient (Wildman–Crippen LogP) is 2.48. The van der Waals surface area contributed by atoms with E-state index in [1.165, 1.54) is 0 Å². The van der Waals surface area contributed by atoms with Gasteiger partial charge in [-0.25, -0.2) is 4.98 Å². The van der Waals surface area contributed by atoms with E-state index in [1.54, 1.807) is 24.3 Å². The second-order valence-corrected chi connectivity index (χ2v) is 6.50. The molecular formula is C21H24N4O3. The summed E-state index contributed by atoms with van der Waals surface area (Å²) >= 11 is 0. The van der Waals surface area contributed by atoms with Crippen molar-refractivity contribution in [1.82, 2.24) is 20.0 Å². The Morgan fingerprint density at radius 3 is 2.64 bits per heavy atom. The van der Waals surface area contributed by atoms with Crippen LogP contribution in [0.2, 0.25) is 0 Å². The average molecular weight is 380 g/mol. The number of imidazole rings is 1. The third-order valence-electron chi connectivity index (χ3n) is 4.21. The minimum absolute atomic E-state index is 0.0373. The van der Waals surface area contributed by atoms with Gasteiger partial charge in [-0.1, -0.05) is 13.0 Å². The maximum absolute atomic E-state index is 12.1. The fraction of sp³-hybridized carbons (Fsp3) is 0.286. The molecule has 0 atom stereocenters. The van der Waals surface area contributed by atoms with E-state index in [0.29, 0.717) is 24.5 Å². The first-order valence-electron chi connectivity index (χ1n) is 9.27. The molecule has 0 aliphatic carbocycles. The molecule has 0 spiro atoms. The van der Waals surface area contributed by atoms with Crippen LogP contribution in [0, 0.1) is 6.92 Å². The largest absolute Gasteiger partial charge is 0.487 e. The Hall–Kier alpha value is -3.35. The third-order valence-corrected chi connectivity index (χ3v) is 4.21. The van der Waals surface area contributed by atoms with Crippen molar-refractivity contribution in [3.63, 3.8) is 0 Å². The smallest absolute Gasteiger partial charge is 0.251 e. The summed E-state index contributed by atoms with van der Waals surface area (Å²) in [6.07, 6.45) is 4.75. The van der Waals surface area contributed by atoms with Gasteiger partial charge in [-0.2, -0.15) is 0 Å². The minimum atomic E-state index is -0.297. The van der Waals surface area contributed by atoms with Crippen molar-refractivity contribution in [3.8, 4) is 5.75 Å². The van der Waals surface area contributed by atoms with Crippen molar-refractivity contribution < 1.29 is 14.3 Å². The van der Waals surface area contributed by atoms with Crippen LogP contribution in [-0.4, -0.2) is 34.3 Å². The summed E-state index contributed by atoms with van der Waals surface area (Å²) in [5, 5.41) is 5.31. The molecule has 2 N–H and O–H groups in total. The Balaban J connectivity index is 1.53. The lowest BCUT2D eigenvalue weighted by molar-refractivity contribution is -0.120. The third kappa shape index (κ3) is 4.88. The van der Waals surface area contributed by atoms with Crippen LogP contribution in [0.15, 0.2) is 48.8 Å². The topological polar surface area (TPSA) is 84.7 Å². The second-order valence-electron chi connectivity index (χ2n) is 6.50. The standard InChI is InChI=1S/C21H24N4O3/c1-3-10-22-19(26)12-23-21(27)16-6-8-18(9-7-16)28-14-17-13-25-11-4-5-15(2)20(25)24-17/h4-9,11,13H,3,10,12,14H2,1-2H3,(H,22,26)(H,23,27). The van der Waals surface area contributed by atoms with E-state index in [1.807, 2.05) is 42.8 Å². The molecule has 1 aromatic carbocycles. The number of benzene rings is 1. The van der Waals surface area contributed by atoms with Crippen LogP contribution in [-0.2, 0) is 11.4 Å². The van der Waals surface area contributed by atoms with Crippen molar-refractivity contribution in [2.75, 3.05) is 13.1 Å². The molecule has 0 unspecified atom stereocenters. The van der Waals surface area contributed by atoms with Crippen molar-refractivity contribution in [2.45, 2.75) is 26.9 Å². The molecule has 3 aromatic rings. The van der Waals surface area contributed by atoms with Crippen LogP contribution in [0.4, 0.5) is 0 Å². The van der Waals surface area contributed by atoms with E-state index >= 15 is 0 Å². The van der Waals surface area contributed by atoms with Gasteiger partial charge < -0.3 is 19.8 Å². The number of hydrogen-bond acceptors (Lipinski definition) is 4. The van der Waals surface area contributed by atoms with Crippen LogP contribution in [0.5, 0.6) is 5.75 Å². The van der Waals surface area contributed by atoms with E-state index in [4.69, 9.17) is 4.74 Å². The number of nitrogens with one attached hydrogen (secondary N) is 2. The molecule has 2 heterocycles. The van der Waals surface area contributed by atoms with Gasteiger partial charge in [0.05, 0.1) is 12.2 Å². The minimum Gasteiger partial charge on any atom is -0.487 e. The maximum atomic E-state index is 12.1. The molecule has 0 fully saturated rings. The molecule has 0 bridgehead atoms. The average Bonchev–Trinajstić information content (AvgIpc) is 3.14. The van der Waals surface area contributed by atoms with Gasteiger partial charge in [-0.3, -0.25) is 9.59 Å². The number of nitrogens with zero attached hydrogens (tertiary/aromatic N) is 2. The Morgan fingerprint density at radius 1 is 1.14 bits per heavy atom. The lowest BCUT2D eigenvalue weighted by Gasteiger charge is -2.07. The number of fused-ring (bicyclic) bond motifs is 1. The zero-order chi connectivity index (χ0) is 19.9. The predicted molar refractivity (Wildman–Crippen MR) is 106 cm³/mol. The number of carbonyl (C=O) groups excluding carboxylic acids is 2. The number of amides is 2. The van der Waals surface area contributed by atoms with Crippen LogP contribution in [0.25, 0.3) is 5.65 Å². The molecule has 0 aliphatic heterocycles. The highest BCUT2D eigenvalue weighted by molar-refractivity contribution is 5.96. The number of rotatable bonds is 8. The van der Waals surface area contributed by atoms with E-state index in [9.17, 15) is 9.59 Å². The summed E-state index contributed by atoms with van der Waals surface area (Å²) in [6, 6.07) is 10.8. The maximum Gasteiger partial charge on any atom is 0.251 e. The number of aryl methyl sites for hydroxylation is 1. The highest BCUT2D eigenvalue weighted by Gasteiger charge is 2.09. The van der Waals surface area contributed by atoms with Gasteiger partial charge in [-0.15, -0.1) is 0 Å². The summed E-state index contributed by atoms with van der Waals surface area (Å²) < 4.78 is 7.74. The van der Waals surface area contributed by atoms with Crippen molar-refractivity contribution in [1.29, 1.82) is 0 Å². The van der Waals surface area contributed by atoms with E-state index in [-0.39, 0.29) is 18.4 Å². The van der Waals surface area contributed by atoms with Gasteiger partial charge in [0.1, 0.15) is 18.0 Å². The van der Waals surface area contributed by atoms with E-state index in [2.05, 4.69) is 15.6 Å². The van der Waals surface area contributed by atoms with Crippen molar-refractivity contribution in [2.24, 2.45) is 0 Å². The van der Waals surface area contributed by atoms with Gasteiger partial charge in [0, 0.05) is 24.5 Å². The SMILES string of the molecule is CCCNC(=O)CNC(=O)c1ccc(OCc2cn3cccc(C)c3n2)cc1. The molecule has 2 amide bonds. The Kier molecular flexibility index (Phi) is 6.26. The molecule has 0 saturated heterocycles. The number of carbonyl (C=O) groups is 2. The first-order valence-corrected chi connectivity index (χ1v) is 9.27. The highest BCUT2D eigenvalue weighted by Crippen LogP contribution is 2.15. The number of pyridine rings is 1. The van der Waals surface area contributed by atoms with Gasteiger partial charge in [0.25, 0.3) is 5.91 Å². The van der Waals surface area contributed by atoms with Crippen LogP contribution >= 0.6 is 0 Å². The first kappa shape index (κ1) is 19.4. The summed E-state index contributed by atoms with van der Waals surface area (Å²) in [5.74, 6) is 0.151. The Bertz CT molecular complexity index is 963. The van der Waals surface area contributed by atoms with Crippen molar-refractivity contribution in [3.05, 3.63) is 65.6 Å². The van der Waals surface area contributed by atoms with Crippen LogP contribution in [0.1, 0.15) is 35.0 Å². The van der Waals surface area contributed by atoms with Crippen LogP contribution < -0.4 is 15.4 Å². The summed E-state index contributed by atoms with van der Waals surface area (Å²) in [6.45, 7) is 4.89. The van der Waals surface area contributed by atoms with Gasteiger partial charge >= 0.3 is 0 Å². The first-order chi connectivity index (χ1) is 13.6. The Labute approximate surface area is 163 Å². The number of hydrogen-bond donors (Lipinski definition) is 2. The number of aromatic nitrogens is 2. The molecule has 146 valence electrons. The molecular weight excluding hydrogens is 356 g/mol. The molecule has 2 aromatic heterocycles. The fourth-order valence-electron chi connectivity index (χ4n) is 2.72. The lowest BCUT2D eigenvalue weighted by Crippen LogP contribution is -2.37. The highest BCUT2D eigenvalue weighted by atomic mass is 16.5. The Morgan fingerprint density at radius 2 is 1.93 bits per heavy atom. The molecule has 0 aliphatic rings. The van der Waals surface area contributed by atoms with Crippen molar-refractivity contribution >= 4 is 17.5 Å². The zero-order valence-corrected chi connectivity index (χ0v) is 16.1. The van der Waals surface area contributed by atoms with E-state index < -0.39 is 0 Å². The van der Waals surface area contributed by atoms with Gasteiger partial charge in [0.2, 0.25) is 5.91 Å². The molecule has 7 nitrogen and oxygen atoms in total. The molecule has 3 rings (SSSR count). The summed E-state index contributed by atoms with van der Waals surface area (Å²) in [4.78, 5) is 28.2. The fourth-order valence-corrected chi connectivity index (χ4v) is 2.72. The second kappa shape index (κ2) is 9.03. The van der Waals surface area contributed by atoms with Gasteiger partial charge in [-0.05, 0) is 49.2 Å². The van der Waals surface area contributed by atoms with Crippen LogP contribution in [0.3, 0.4) is 0 Å². The van der Waals surface area contributed by atoms with E-state index in [0.717, 1.165) is 23.3 Å². The molecule has 28 heavy (non-hydrogen) atoms. The molecule has 7 heteroatoms. The quantitative estimate of drug-likeness (QED) is 0.629. The summed E-state index contributed by atoms with van der Waals surface area (Å²) in [5.41, 5.74) is 3.32. The number of ether oxygens (including phenoxy) is 1. The lowest BCUT2D eigenvalue weighted by atomic mass is 10.2. The normalized spacial score (nSPS) is 10.6. The van der Waals surface area contributed by atoms with Gasteiger partial charge in [0.15, 0.2) is 0 Å². The monoisotopic (exact) mass is 380 g/mol. The molecule has 0 saturated carbocycles. The zero-order valence-electron chi connectivity index (χ0n) is 16.1.